The van der Waals surface area contributed by atoms with Gasteiger partial charge in [0.25, 0.3) is 0 Å². The Morgan fingerprint density at radius 1 is 0.643 bits per heavy atom. The molecule has 0 amide bonds. The maximum Gasteiger partial charge on any atom is -0.0275 e. The summed E-state index contributed by atoms with van der Waals surface area (Å²) in [6, 6.07) is 0. The van der Waals surface area contributed by atoms with E-state index in [9.17, 15) is 0 Å². The highest BCUT2D eigenvalue weighted by atomic mass is 13.9. The van der Waals surface area contributed by atoms with Gasteiger partial charge in [-0.3, -0.25) is 0 Å². The van der Waals surface area contributed by atoms with E-state index in [2.05, 4.69) is 24.6 Å². The van der Waals surface area contributed by atoms with Crippen LogP contribution in [-0.2, 0) is 0 Å². The molecule has 0 fully saturated rings. The fourth-order valence-corrected chi connectivity index (χ4v) is 1.40. The highest BCUT2D eigenvalue weighted by Gasteiger charge is 1.89. The largest absolute Gasteiger partial charge is 0.133 e. The molecule has 0 radical (unpaired) electrons. The molecule has 0 saturated heterocycles. The number of allylic oxidation sites excluding steroid dienone is 2. The highest BCUT2D eigenvalue weighted by Crippen LogP contribution is 2.08. The van der Waals surface area contributed by atoms with E-state index >= 15 is 0 Å². The minimum absolute atomic E-state index is 1.14. The first-order chi connectivity index (χ1) is 6.91. The Morgan fingerprint density at radius 2 is 1.00 bits per heavy atom. The van der Waals surface area contributed by atoms with Crippen molar-refractivity contribution in [2.45, 2.75) is 51.4 Å². The van der Waals surface area contributed by atoms with Gasteiger partial charge in [0.15, 0.2) is 0 Å². The smallest absolute Gasteiger partial charge is 0.0275 e. The van der Waals surface area contributed by atoms with Gasteiger partial charge in [-0.05, 0) is 37.8 Å². The molecule has 0 aromatic heterocycles. The Morgan fingerprint density at radius 3 is 1.36 bits per heavy atom. The van der Waals surface area contributed by atoms with E-state index in [0.717, 1.165) is 12.8 Å². The first-order valence-corrected chi connectivity index (χ1v) is 5.60. The Labute approximate surface area is 88.7 Å². The fourth-order valence-electron chi connectivity index (χ4n) is 1.40. The second-order valence-corrected chi connectivity index (χ2v) is 3.52. The molecule has 0 spiro atoms. The lowest BCUT2D eigenvalue weighted by molar-refractivity contribution is 0.600. The van der Waals surface area contributed by atoms with Crippen LogP contribution in [-0.4, -0.2) is 0 Å². The molecule has 0 aliphatic carbocycles. The van der Waals surface area contributed by atoms with Gasteiger partial charge in [0.2, 0.25) is 0 Å². The van der Waals surface area contributed by atoms with E-state index in [1.54, 1.807) is 0 Å². The third kappa shape index (κ3) is 11.0. The molecule has 0 heteroatoms. The molecule has 0 saturated carbocycles. The molecule has 0 atom stereocenters. The van der Waals surface area contributed by atoms with E-state index < -0.39 is 0 Å². The van der Waals surface area contributed by atoms with Gasteiger partial charge >= 0.3 is 0 Å². The Kier molecular flexibility index (Phi) is 11.2. The molecule has 0 bridgehead atoms. The molecule has 0 aromatic carbocycles. The quantitative estimate of drug-likeness (QED) is 0.362. The first-order valence-electron chi connectivity index (χ1n) is 5.60. The molecule has 0 N–H and O–H groups in total. The summed E-state index contributed by atoms with van der Waals surface area (Å²) in [7, 11) is 0. The summed E-state index contributed by atoms with van der Waals surface area (Å²) in [6.45, 7) is 7.08. The summed E-state index contributed by atoms with van der Waals surface area (Å²) >= 11 is 0. The Hall–Kier alpha value is -0.960. The number of hydrogen-bond donors (Lipinski definition) is 0. The van der Waals surface area contributed by atoms with Crippen LogP contribution in [0.2, 0.25) is 0 Å². The fraction of sp³-hybridized carbons (Fsp3) is 0.571. The van der Waals surface area contributed by atoms with E-state index in [4.69, 9.17) is 0 Å². The molecule has 0 rings (SSSR count). The normalized spacial score (nSPS) is 8.86. The van der Waals surface area contributed by atoms with Crippen molar-refractivity contribution in [3.8, 4) is 0 Å². The van der Waals surface area contributed by atoms with Gasteiger partial charge in [-0.2, -0.15) is 0 Å². The van der Waals surface area contributed by atoms with Crippen molar-refractivity contribution in [2.24, 2.45) is 0 Å². The molecular formula is C14H22. The minimum atomic E-state index is 1.14. The van der Waals surface area contributed by atoms with Crippen molar-refractivity contribution in [1.82, 2.24) is 0 Å². The molecular weight excluding hydrogens is 168 g/mol. The average Bonchev–Trinajstić information content (AvgIpc) is 2.21. The summed E-state index contributed by atoms with van der Waals surface area (Å²) in [5, 5.41) is 0. The predicted octanol–water partition coefficient (Wildman–Crippen LogP) is 4.79. The summed E-state index contributed by atoms with van der Waals surface area (Å²) in [6.07, 6.45) is 14.3. The van der Waals surface area contributed by atoms with Crippen molar-refractivity contribution in [1.29, 1.82) is 0 Å². The van der Waals surface area contributed by atoms with Crippen LogP contribution in [0.5, 0.6) is 0 Å². The highest BCUT2D eigenvalue weighted by molar-refractivity contribution is 4.75. The molecule has 0 heterocycles. The predicted molar refractivity (Wildman–Crippen MR) is 64.4 cm³/mol. The van der Waals surface area contributed by atoms with Crippen LogP contribution < -0.4 is 0 Å². The van der Waals surface area contributed by atoms with Crippen molar-refractivity contribution >= 4 is 0 Å². The van der Waals surface area contributed by atoms with Crippen molar-refractivity contribution in [2.75, 3.05) is 0 Å². The Bertz CT molecular complexity index is 176. The van der Waals surface area contributed by atoms with Gasteiger partial charge in [-0.15, -0.1) is 11.5 Å². The maximum absolute atomic E-state index is 3.54. The summed E-state index contributed by atoms with van der Waals surface area (Å²) in [4.78, 5) is 0. The zero-order chi connectivity index (χ0) is 10.5. The number of unbranched alkanes of at least 4 members (excludes halogenated alkanes) is 7. The average molecular weight is 190 g/mol. The zero-order valence-corrected chi connectivity index (χ0v) is 9.23. The van der Waals surface area contributed by atoms with Crippen LogP contribution in [0.15, 0.2) is 36.8 Å². The van der Waals surface area contributed by atoms with Gasteiger partial charge < -0.3 is 0 Å². The SMILES string of the molecule is C=C=CCCCCCCCCC=C=C. The van der Waals surface area contributed by atoms with Crippen LogP contribution in [0.4, 0.5) is 0 Å². The van der Waals surface area contributed by atoms with E-state index in [-0.39, 0.29) is 0 Å². The second-order valence-electron chi connectivity index (χ2n) is 3.52. The topological polar surface area (TPSA) is 0 Å². The lowest BCUT2D eigenvalue weighted by atomic mass is 10.1. The first kappa shape index (κ1) is 13.0. The summed E-state index contributed by atoms with van der Waals surface area (Å²) in [5.74, 6) is 0. The van der Waals surface area contributed by atoms with Crippen LogP contribution in [0.25, 0.3) is 0 Å². The van der Waals surface area contributed by atoms with Gasteiger partial charge in [0.1, 0.15) is 0 Å². The van der Waals surface area contributed by atoms with Crippen LogP contribution in [0, 0.1) is 0 Å². The molecule has 78 valence electrons. The summed E-state index contributed by atoms with van der Waals surface area (Å²) < 4.78 is 0. The zero-order valence-electron chi connectivity index (χ0n) is 9.23. The second kappa shape index (κ2) is 12.0. The van der Waals surface area contributed by atoms with Crippen molar-refractivity contribution < 1.29 is 0 Å². The maximum atomic E-state index is 3.54. The van der Waals surface area contributed by atoms with Gasteiger partial charge in [-0.25, -0.2) is 0 Å². The van der Waals surface area contributed by atoms with Gasteiger partial charge in [0.05, 0.1) is 0 Å². The lowest BCUT2D eigenvalue weighted by Gasteiger charge is -1.98. The summed E-state index contributed by atoms with van der Waals surface area (Å²) in [5.41, 5.74) is 5.60. The lowest BCUT2D eigenvalue weighted by Crippen LogP contribution is -1.78. The van der Waals surface area contributed by atoms with Crippen molar-refractivity contribution in [3.63, 3.8) is 0 Å². The molecule has 0 aliphatic heterocycles. The minimum Gasteiger partial charge on any atom is -0.133 e. The van der Waals surface area contributed by atoms with E-state index in [1.165, 1.54) is 38.5 Å². The molecule has 0 unspecified atom stereocenters. The van der Waals surface area contributed by atoms with Crippen LogP contribution in [0.3, 0.4) is 0 Å². The van der Waals surface area contributed by atoms with E-state index in [0.29, 0.717) is 0 Å². The molecule has 0 aliphatic rings. The standard InChI is InChI=1S/C14H22/c1-3-5-7-9-11-13-14-12-10-8-6-4-2/h5-6H,1-2,7-14H2. The van der Waals surface area contributed by atoms with Crippen molar-refractivity contribution in [3.05, 3.63) is 36.8 Å². The third-order valence-electron chi connectivity index (χ3n) is 2.24. The van der Waals surface area contributed by atoms with E-state index in [1.807, 2.05) is 12.2 Å². The molecule has 0 aromatic rings. The number of hydrogen-bond acceptors (Lipinski definition) is 0. The third-order valence-corrected chi connectivity index (χ3v) is 2.24. The number of rotatable bonds is 9. The molecule has 0 nitrogen and oxygen atoms in total. The van der Waals surface area contributed by atoms with Gasteiger partial charge in [-0.1, -0.05) is 38.8 Å². The van der Waals surface area contributed by atoms with Crippen LogP contribution in [0.1, 0.15) is 51.4 Å². The monoisotopic (exact) mass is 190 g/mol. The van der Waals surface area contributed by atoms with Crippen LogP contribution >= 0.6 is 0 Å². The van der Waals surface area contributed by atoms with Gasteiger partial charge in [0, 0.05) is 0 Å². The molecule has 14 heavy (non-hydrogen) atoms. The Balaban J connectivity index is 2.98.